The van der Waals surface area contributed by atoms with Gasteiger partial charge in [0.05, 0.1) is 11.1 Å². The largest absolute Gasteiger partial charge is 0.417 e. The first kappa shape index (κ1) is 9.89. The maximum atomic E-state index is 13.2. The van der Waals surface area contributed by atoms with E-state index >= 15 is 0 Å². The van der Waals surface area contributed by atoms with Crippen LogP contribution >= 0.6 is 0 Å². The molecule has 0 atom stereocenters. The van der Waals surface area contributed by atoms with Gasteiger partial charge in [0.1, 0.15) is 5.82 Å². The van der Waals surface area contributed by atoms with Crippen LogP contribution in [0.15, 0.2) is 30.5 Å². The maximum Gasteiger partial charge on any atom is 0.417 e. The lowest BCUT2D eigenvalue weighted by molar-refractivity contribution is -0.136. The van der Waals surface area contributed by atoms with Crippen LogP contribution in [-0.2, 0) is 6.18 Å². The Balaban J connectivity index is 2.86. The van der Waals surface area contributed by atoms with Crippen LogP contribution in [0.25, 0.3) is 10.9 Å². The fraction of sp³-hybridized carbons (Fsp3) is 0.100. The number of aromatic nitrogens is 1. The van der Waals surface area contributed by atoms with Crippen molar-refractivity contribution in [2.75, 3.05) is 0 Å². The standard InChI is InChI=1S/C10H5F4N/c11-7-4-5-15-8-3-1-2-6(9(7)8)10(12,13)14/h1-5H. The summed E-state index contributed by atoms with van der Waals surface area (Å²) in [5, 5.41) is -0.479. The SMILES string of the molecule is Fc1ccnc2cccc(C(F)(F)F)c12. The molecule has 2 aromatic rings. The minimum Gasteiger partial charge on any atom is -0.256 e. The Hall–Kier alpha value is -1.65. The van der Waals surface area contributed by atoms with E-state index in [1.165, 1.54) is 12.1 Å². The predicted molar refractivity (Wildman–Crippen MR) is 46.7 cm³/mol. The highest BCUT2D eigenvalue weighted by atomic mass is 19.4. The third-order valence-electron chi connectivity index (χ3n) is 2.02. The van der Waals surface area contributed by atoms with E-state index in [4.69, 9.17) is 0 Å². The van der Waals surface area contributed by atoms with Gasteiger partial charge in [-0.3, -0.25) is 4.98 Å². The Labute approximate surface area is 82.4 Å². The van der Waals surface area contributed by atoms with Gasteiger partial charge in [0.15, 0.2) is 0 Å². The topological polar surface area (TPSA) is 12.9 Å². The Morgan fingerprint density at radius 2 is 1.80 bits per heavy atom. The van der Waals surface area contributed by atoms with E-state index in [1.807, 2.05) is 0 Å². The Morgan fingerprint density at radius 3 is 2.47 bits per heavy atom. The van der Waals surface area contributed by atoms with Crippen LogP contribution in [0.5, 0.6) is 0 Å². The van der Waals surface area contributed by atoms with Crippen molar-refractivity contribution in [1.29, 1.82) is 0 Å². The minimum absolute atomic E-state index is 0.00447. The molecule has 0 fully saturated rings. The number of nitrogens with zero attached hydrogens (tertiary/aromatic N) is 1. The van der Waals surface area contributed by atoms with E-state index in [1.54, 1.807) is 0 Å². The Bertz CT molecular complexity index is 499. The number of pyridine rings is 1. The molecule has 1 aromatic carbocycles. The molecule has 1 heterocycles. The average molecular weight is 215 g/mol. The first-order valence-corrected chi connectivity index (χ1v) is 4.10. The fourth-order valence-electron chi connectivity index (χ4n) is 1.40. The molecule has 0 spiro atoms. The summed E-state index contributed by atoms with van der Waals surface area (Å²) in [6.45, 7) is 0. The van der Waals surface area contributed by atoms with Crippen LogP contribution in [0.1, 0.15) is 5.56 Å². The third kappa shape index (κ3) is 1.65. The second kappa shape index (κ2) is 3.18. The lowest BCUT2D eigenvalue weighted by Crippen LogP contribution is -2.06. The Kier molecular flexibility index (Phi) is 2.10. The van der Waals surface area contributed by atoms with E-state index < -0.39 is 22.9 Å². The summed E-state index contributed by atoms with van der Waals surface area (Å²) >= 11 is 0. The summed E-state index contributed by atoms with van der Waals surface area (Å²) in [6.07, 6.45) is -3.43. The van der Waals surface area contributed by atoms with Crippen molar-refractivity contribution in [2.45, 2.75) is 6.18 Å². The van der Waals surface area contributed by atoms with Crippen LogP contribution in [-0.4, -0.2) is 4.98 Å². The molecular weight excluding hydrogens is 210 g/mol. The summed E-state index contributed by atoms with van der Waals surface area (Å²) in [6, 6.07) is 4.30. The second-order valence-corrected chi connectivity index (χ2v) is 2.99. The number of halogens is 4. The molecule has 0 aliphatic carbocycles. The molecule has 5 heteroatoms. The molecule has 15 heavy (non-hydrogen) atoms. The van der Waals surface area contributed by atoms with Gasteiger partial charge in [-0.25, -0.2) is 4.39 Å². The van der Waals surface area contributed by atoms with Gasteiger partial charge in [-0.05, 0) is 18.2 Å². The third-order valence-corrected chi connectivity index (χ3v) is 2.02. The monoisotopic (exact) mass is 215 g/mol. The smallest absolute Gasteiger partial charge is 0.256 e. The molecule has 78 valence electrons. The quantitative estimate of drug-likeness (QED) is 0.614. The molecule has 0 aliphatic heterocycles. The van der Waals surface area contributed by atoms with Crippen molar-refractivity contribution in [2.24, 2.45) is 0 Å². The van der Waals surface area contributed by atoms with Gasteiger partial charge in [-0.1, -0.05) is 6.07 Å². The highest BCUT2D eigenvalue weighted by molar-refractivity contribution is 5.83. The van der Waals surface area contributed by atoms with Crippen molar-refractivity contribution in [1.82, 2.24) is 4.98 Å². The summed E-state index contributed by atoms with van der Waals surface area (Å²) in [7, 11) is 0. The number of alkyl halides is 3. The number of hydrogen-bond donors (Lipinski definition) is 0. The van der Waals surface area contributed by atoms with Crippen molar-refractivity contribution in [3.05, 3.63) is 41.8 Å². The highest BCUT2D eigenvalue weighted by Gasteiger charge is 2.33. The normalized spacial score (nSPS) is 12.0. The number of benzene rings is 1. The molecule has 0 saturated carbocycles. The zero-order valence-electron chi connectivity index (χ0n) is 7.35. The molecule has 0 N–H and O–H groups in total. The van der Waals surface area contributed by atoms with E-state index in [9.17, 15) is 17.6 Å². The molecule has 2 rings (SSSR count). The zero-order chi connectivity index (χ0) is 11.1. The van der Waals surface area contributed by atoms with E-state index in [2.05, 4.69) is 4.98 Å². The summed E-state index contributed by atoms with van der Waals surface area (Å²) in [5.74, 6) is -0.909. The summed E-state index contributed by atoms with van der Waals surface area (Å²) < 4.78 is 50.7. The van der Waals surface area contributed by atoms with Crippen LogP contribution in [0, 0.1) is 5.82 Å². The van der Waals surface area contributed by atoms with Gasteiger partial charge >= 0.3 is 6.18 Å². The first-order chi connectivity index (χ1) is 7.00. The summed E-state index contributed by atoms with van der Waals surface area (Å²) in [5.41, 5.74) is -0.990. The van der Waals surface area contributed by atoms with Gasteiger partial charge in [0.2, 0.25) is 0 Å². The Morgan fingerprint density at radius 1 is 1.07 bits per heavy atom. The van der Waals surface area contributed by atoms with E-state index in [0.717, 1.165) is 18.3 Å². The average Bonchev–Trinajstić information content (AvgIpc) is 2.16. The maximum absolute atomic E-state index is 13.2. The second-order valence-electron chi connectivity index (χ2n) is 2.99. The molecule has 0 bridgehead atoms. The predicted octanol–water partition coefficient (Wildman–Crippen LogP) is 3.39. The van der Waals surface area contributed by atoms with Crippen LogP contribution in [0.4, 0.5) is 17.6 Å². The summed E-state index contributed by atoms with van der Waals surface area (Å²) in [4.78, 5) is 3.68. The highest BCUT2D eigenvalue weighted by Crippen LogP contribution is 2.35. The van der Waals surface area contributed by atoms with Crippen LogP contribution in [0.3, 0.4) is 0 Å². The van der Waals surface area contributed by atoms with Crippen molar-refractivity contribution < 1.29 is 17.6 Å². The lowest BCUT2D eigenvalue weighted by atomic mass is 10.1. The van der Waals surface area contributed by atoms with Crippen LogP contribution in [0.2, 0.25) is 0 Å². The van der Waals surface area contributed by atoms with Crippen molar-refractivity contribution in [3.8, 4) is 0 Å². The minimum atomic E-state index is -4.57. The molecule has 0 saturated heterocycles. The van der Waals surface area contributed by atoms with E-state index in [-0.39, 0.29) is 5.52 Å². The molecule has 0 radical (unpaired) electrons. The molecule has 1 aromatic heterocycles. The molecular formula is C10H5F4N. The van der Waals surface area contributed by atoms with Gasteiger partial charge in [-0.15, -0.1) is 0 Å². The van der Waals surface area contributed by atoms with Crippen molar-refractivity contribution in [3.63, 3.8) is 0 Å². The van der Waals surface area contributed by atoms with E-state index in [0.29, 0.717) is 0 Å². The van der Waals surface area contributed by atoms with Gasteiger partial charge < -0.3 is 0 Å². The van der Waals surface area contributed by atoms with Gasteiger partial charge in [0, 0.05) is 11.6 Å². The molecule has 1 nitrogen and oxygen atoms in total. The van der Waals surface area contributed by atoms with Crippen LogP contribution < -0.4 is 0 Å². The number of hydrogen-bond acceptors (Lipinski definition) is 1. The van der Waals surface area contributed by atoms with Crippen molar-refractivity contribution >= 4 is 10.9 Å². The molecule has 0 amide bonds. The fourth-order valence-corrected chi connectivity index (χ4v) is 1.40. The van der Waals surface area contributed by atoms with Gasteiger partial charge in [0.25, 0.3) is 0 Å². The number of rotatable bonds is 0. The number of fused-ring (bicyclic) bond motifs is 1. The lowest BCUT2D eigenvalue weighted by Gasteiger charge is -2.09. The molecule has 0 unspecified atom stereocenters. The zero-order valence-corrected chi connectivity index (χ0v) is 7.35. The van der Waals surface area contributed by atoms with Gasteiger partial charge in [-0.2, -0.15) is 13.2 Å². The first-order valence-electron chi connectivity index (χ1n) is 4.10. The molecule has 0 aliphatic rings.